The zero-order chi connectivity index (χ0) is 21.2. The number of hydrogen-bond donors (Lipinski definition) is 0. The number of anilines is 1. The molecule has 176 valence electrons. The van der Waals surface area contributed by atoms with Gasteiger partial charge in [-0.3, -0.25) is 9.69 Å². The van der Waals surface area contributed by atoms with Crippen LogP contribution in [0.15, 0.2) is 18.5 Å². The Labute approximate surface area is 196 Å². The molecule has 0 N–H and O–H groups in total. The number of aromatic nitrogens is 2. The lowest BCUT2D eigenvalue weighted by Gasteiger charge is -2.42. The van der Waals surface area contributed by atoms with Gasteiger partial charge in [0.15, 0.2) is 0 Å². The Kier molecular flexibility index (Phi) is 5.87. The molecule has 4 aliphatic carbocycles. The maximum Gasteiger partial charge on any atom is 0.241 e. The summed E-state index contributed by atoms with van der Waals surface area (Å²) < 4.78 is 27.8. The van der Waals surface area contributed by atoms with Crippen molar-refractivity contribution in [3.63, 3.8) is 0 Å². The molecular weight excluding hydrogens is 450 g/mol. The van der Waals surface area contributed by atoms with E-state index in [4.69, 9.17) is 0 Å². The fraction of sp³-hybridized carbons (Fsp3) is 0.773. The van der Waals surface area contributed by atoms with E-state index in [-0.39, 0.29) is 30.2 Å². The van der Waals surface area contributed by atoms with Crippen molar-refractivity contribution in [1.29, 1.82) is 0 Å². The van der Waals surface area contributed by atoms with Crippen LogP contribution >= 0.6 is 12.4 Å². The summed E-state index contributed by atoms with van der Waals surface area (Å²) in [5.74, 6) is 2.26. The van der Waals surface area contributed by atoms with Crippen LogP contribution in [0.4, 0.5) is 5.95 Å². The summed E-state index contributed by atoms with van der Waals surface area (Å²) in [5, 5.41) is -0.407. The molecule has 32 heavy (non-hydrogen) atoms. The van der Waals surface area contributed by atoms with Gasteiger partial charge in [0.25, 0.3) is 0 Å². The predicted octanol–water partition coefficient (Wildman–Crippen LogP) is 1.63. The number of fused-ring (bicyclic) bond motifs is 1. The van der Waals surface area contributed by atoms with Gasteiger partial charge in [-0.05, 0) is 68.4 Å². The molecule has 10 heteroatoms. The molecule has 2 saturated heterocycles. The van der Waals surface area contributed by atoms with Crippen molar-refractivity contribution in [3.8, 4) is 0 Å². The molecule has 3 heterocycles. The standard InChI is InChI=1S/C22H31N5O3S.ClH/c28-21-19-15-4-5-16(18-14-17(15)18)20(19)31(29,30)27(21)9-2-1-8-25-10-12-26(13-11-25)22-23-6-3-7-24-22;/h3,6-7,15-20H,1-2,4-5,8-14H2;1H. The van der Waals surface area contributed by atoms with Crippen molar-refractivity contribution in [3.05, 3.63) is 18.5 Å². The molecule has 2 aliphatic heterocycles. The van der Waals surface area contributed by atoms with Gasteiger partial charge in [0.05, 0.1) is 11.2 Å². The zero-order valence-electron chi connectivity index (χ0n) is 18.3. The second-order valence-electron chi connectivity index (χ2n) is 10.00. The Morgan fingerprint density at radius 3 is 2.31 bits per heavy atom. The molecule has 2 bridgehead atoms. The van der Waals surface area contributed by atoms with E-state index in [2.05, 4.69) is 19.8 Å². The first kappa shape index (κ1) is 22.3. The molecule has 1 aromatic heterocycles. The summed E-state index contributed by atoms with van der Waals surface area (Å²) >= 11 is 0. The van der Waals surface area contributed by atoms with Crippen LogP contribution in [0, 0.1) is 29.6 Å². The highest BCUT2D eigenvalue weighted by atomic mass is 35.5. The first-order valence-electron chi connectivity index (χ1n) is 11.9. The minimum Gasteiger partial charge on any atom is -0.338 e. The van der Waals surface area contributed by atoms with E-state index in [0.29, 0.717) is 24.3 Å². The number of amides is 1. The molecule has 6 aliphatic rings. The quantitative estimate of drug-likeness (QED) is 0.571. The van der Waals surface area contributed by atoms with Gasteiger partial charge in [0, 0.05) is 45.1 Å². The van der Waals surface area contributed by atoms with Gasteiger partial charge >= 0.3 is 0 Å². The molecule has 1 aromatic rings. The number of sulfonamides is 1. The van der Waals surface area contributed by atoms with Crippen LogP contribution in [0.1, 0.15) is 32.1 Å². The first-order valence-corrected chi connectivity index (χ1v) is 13.4. The minimum atomic E-state index is -3.47. The van der Waals surface area contributed by atoms with Crippen molar-refractivity contribution < 1.29 is 13.2 Å². The molecule has 7 rings (SSSR count). The van der Waals surface area contributed by atoms with Crippen molar-refractivity contribution in [1.82, 2.24) is 19.2 Å². The lowest BCUT2D eigenvalue weighted by Crippen LogP contribution is -2.47. The number of halogens is 1. The smallest absolute Gasteiger partial charge is 0.241 e. The largest absolute Gasteiger partial charge is 0.338 e. The molecule has 6 atom stereocenters. The first-order chi connectivity index (χ1) is 15.1. The minimum absolute atomic E-state index is 0. The third kappa shape index (κ3) is 3.51. The van der Waals surface area contributed by atoms with Gasteiger partial charge < -0.3 is 4.90 Å². The number of piperazine rings is 1. The summed E-state index contributed by atoms with van der Waals surface area (Å²) in [7, 11) is -3.47. The molecule has 6 unspecified atom stereocenters. The maximum atomic E-state index is 13.2. The molecule has 4 saturated carbocycles. The number of carbonyl (C=O) groups is 1. The van der Waals surface area contributed by atoms with E-state index in [1.807, 2.05) is 6.07 Å². The van der Waals surface area contributed by atoms with Gasteiger partial charge in [0.1, 0.15) is 0 Å². The molecule has 1 amide bonds. The second kappa shape index (κ2) is 8.40. The number of nitrogens with zero attached hydrogens (tertiary/aromatic N) is 5. The highest BCUT2D eigenvalue weighted by Gasteiger charge is 2.70. The van der Waals surface area contributed by atoms with Crippen LogP contribution in [0.5, 0.6) is 0 Å². The van der Waals surface area contributed by atoms with E-state index in [9.17, 15) is 13.2 Å². The summed E-state index contributed by atoms with van der Waals surface area (Å²) in [4.78, 5) is 26.4. The van der Waals surface area contributed by atoms with E-state index in [1.165, 1.54) is 4.31 Å². The average molecular weight is 482 g/mol. The van der Waals surface area contributed by atoms with Crippen molar-refractivity contribution in [2.45, 2.75) is 37.4 Å². The van der Waals surface area contributed by atoms with E-state index in [0.717, 1.165) is 70.8 Å². The Morgan fingerprint density at radius 2 is 1.56 bits per heavy atom. The highest BCUT2D eigenvalue weighted by molar-refractivity contribution is 7.90. The highest BCUT2D eigenvalue weighted by Crippen LogP contribution is 2.67. The van der Waals surface area contributed by atoms with Crippen LogP contribution in [-0.4, -0.2) is 78.0 Å². The maximum absolute atomic E-state index is 13.2. The van der Waals surface area contributed by atoms with Crippen LogP contribution in [0.2, 0.25) is 0 Å². The lowest BCUT2D eigenvalue weighted by atomic mass is 9.64. The van der Waals surface area contributed by atoms with Crippen molar-refractivity contribution in [2.24, 2.45) is 29.6 Å². The number of unbranched alkanes of at least 4 members (excludes halogenated alkanes) is 1. The van der Waals surface area contributed by atoms with Crippen LogP contribution in [0.25, 0.3) is 0 Å². The third-order valence-corrected chi connectivity index (χ3v) is 10.8. The van der Waals surface area contributed by atoms with Gasteiger partial charge in [0.2, 0.25) is 21.9 Å². The van der Waals surface area contributed by atoms with Crippen molar-refractivity contribution >= 4 is 34.3 Å². The predicted molar refractivity (Wildman–Crippen MR) is 123 cm³/mol. The lowest BCUT2D eigenvalue weighted by molar-refractivity contribution is -0.133. The molecule has 8 nitrogen and oxygen atoms in total. The topological polar surface area (TPSA) is 86.7 Å². The summed E-state index contributed by atoms with van der Waals surface area (Å²) in [6.45, 7) is 5.01. The molecule has 0 spiro atoms. The monoisotopic (exact) mass is 481 g/mol. The molecule has 6 fully saturated rings. The van der Waals surface area contributed by atoms with E-state index < -0.39 is 15.3 Å². The fourth-order valence-electron chi connectivity index (χ4n) is 7.02. The number of hydrogen-bond acceptors (Lipinski definition) is 7. The SMILES string of the molecule is Cl.O=C1C2C3CCC(C4CC43)C2S(=O)(=O)N1CCCCN1CCN(c2ncccn2)CC1. The zero-order valence-corrected chi connectivity index (χ0v) is 19.9. The summed E-state index contributed by atoms with van der Waals surface area (Å²) in [5.41, 5.74) is 0. The van der Waals surface area contributed by atoms with Gasteiger partial charge in [-0.25, -0.2) is 22.7 Å². The normalized spacial score (nSPS) is 37.1. The Balaban J connectivity index is 0.00000216. The van der Waals surface area contributed by atoms with Crippen LogP contribution in [0.3, 0.4) is 0 Å². The Morgan fingerprint density at radius 1 is 0.906 bits per heavy atom. The third-order valence-electron chi connectivity index (χ3n) is 8.54. The molecular formula is C22H32ClN5O3S. The molecule has 0 aromatic carbocycles. The van der Waals surface area contributed by atoms with Gasteiger partial charge in [-0.1, -0.05) is 0 Å². The second-order valence-corrected chi connectivity index (χ2v) is 12.0. The van der Waals surface area contributed by atoms with Gasteiger partial charge in [-0.15, -0.1) is 12.4 Å². The summed E-state index contributed by atoms with van der Waals surface area (Å²) in [6, 6.07) is 1.83. The van der Waals surface area contributed by atoms with Crippen LogP contribution < -0.4 is 4.90 Å². The van der Waals surface area contributed by atoms with Gasteiger partial charge in [-0.2, -0.15) is 0 Å². The van der Waals surface area contributed by atoms with E-state index in [1.54, 1.807) is 12.4 Å². The Bertz CT molecular complexity index is 956. The van der Waals surface area contributed by atoms with E-state index >= 15 is 0 Å². The van der Waals surface area contributed by atoms with Crippen LogP contribution in [-0.2, 0) is 14.8 Å². The number of carbonyl (C=O) groups excluding carboxylic acids is 1. The molecule has 0 radical (unpaired) electrons. The average Bonchev–Trinajstić information content (AvgIpc) is 3.59. The number of rotatable bonds is 6. The van der Waals surface area contributed by atoms with Crippen molar-refractivity contribution in [2.75, 3.05) is 44.2 Å². The fourth-order valence-corrected chi connectivity index (χ4v) is 9.54. The Hall–Kier alpha value is -1.45. The summed E-state index contributed by atoms with van der Waals surface area (Å²) in [6.07, 6.45) is 8.42.